The Bertz CT molecular complexity index is 337. The van der Waals surface area contributed by atoms with Crippen molar-refractivity contribution in [3.05, 3.63) is 22.4 Å². The third kappa shape index (κ3) is 6.04. The molecular weight excluding hydrogens is 357 g/mol. The predicted molar refractivity (Wildman–Crippen MR) is 92.3 cm³/mol. The molecule has 1 aromatic heterocycles. The van der Waals surface area contributed by atoms with Crippen LogP contribution in [0.15, 0.2) is 22.5 Å². The first-order chi connectivity index (χ1) is 8.00. The standard InChI is InChI=1S/C13H23N3S.HI/c1-11(9-12-7-6-8-17-12)10-14-13(15(2)3)16(4)5;/h6-8,11H,9-10H2,1-5H3;1H. The molecule has 1 heterocycles. The molecule has 0 bridgehead atoms. The molecule has 18 heavy (non-hydrogen) atoms. The van der Waals surface area contributed by atoms with Gasteiger partial charge in [-0.3, -0.25) is 4.99 Å². The van der Waals surface area contributed by atoms with E-state index in [-0.39, 0.29) is 24.0 Å². The molecule has 104 valence electrons. The highest BCUT2D eigenvalue weighted by Crippen LogP contribution is 2.14. The maximum absolute atomic E-state index is 4.68. The smallest absolute Gasteiger partial charge is 0.195 e. The summed E-state index contributed by atoms with van der Waals surface area (Å²) in [4.78, 5) is 10.2. The summed E-state index contributed by atoms with van der Waals surface area (Å²) in [6.45, 7) is 3.13. The van der Waals surface area contributed by atoms with Gasteiger partial charge >= 0.3 is 0 Å². The van der Waals surface area contributed by atoms with Crippen molar-refractivity contribution in [1.82, 2.24) is 9.80 Å². The Morgan fingerprint density at radius 2 is 1.89 bits per heavy atom. The summed E-state index contributed by atoms with van der Waals surface area (Å²) in [6, 6.07) is 4.31. The Hall–Kier alpha value is -0.300. The maximum Gasteiger partial charge on any atom is 0.195 e. The van der Waals surface area contributed by atoms with Gasteiger partial charge in [-0.15, -0.1) is 35.3 Å². The quantitative estimate of drug-likeness (QED) is 0.454. The molecular formula is C13H24IN3S. The highest BCUT2D eigenvalue weighted by Gasteiger charge is 2.07. The lowest BCUT2D eigenvalue weighted by Gasteiger charge is -2.23. The molecule has 0 aliphatic rings. The highest BCUT2D eigenvalue weighted by atomic mass is 127. The van der Waals surface area contributed by atoms with Crippen molar-refractivity contribution in [3.63, 3.8) is 0 Å². The normalized spacial score (nSPS) is 11.4. The van der Waals surface area contributed by atoms with Gasteiger partial charge in [0.1, 0.15) is 0 Å². The van der Waals surface area contributed by atoms with E-state index in [9.17, 15) is 0 Å². The van der Waals surface area contributed by atoms with Crippen LogP contribution in [0.2, 0.25) is 0 Å². The summed E-state index contributed by atoms with van der Waals surface area (Å²) >= 11 is 1.83. The summed E-state index contributed by atoms with van der Waals surface area (Å²) in [5, 5.41) is 2.14. The van der Waals surface area contributed by atoms with Crippen LogP contribution in [0.25, 0.3) is 0 Å². The Labute approximate surface area is 132 Å². The minimum absolute atomic E-state index is 0. The van der Waals surface area contributed by atoms with E-state index < -0.39 is 0 Å². The van der Waals surface area contributed by atoms with Crippen molar-refractivity contribution < 1.29 is 0 Å². The fourth-order valence-corrected chi connectivity index (χ4v) is 2.63. The van der Waals surface area contributed by atoms with Crippen LogP contribution in [0.5, 0.6) is 0 Å². The van der Waals surface area contributed by atoms with Crippen molar-refractivity contribution in [2.75, 3.05) is 34.7 Å². The summed E-state index contributed by atoms with van der Waals surface area (Å²) < 4.78 is 0. The zero-order valence-electron chi connectivity index (χ0n) is 11.9. The minimum Gasteiger partial charge on any atom is -0.349 e. The molecule has 0 spiro atoms. The topological polar surface area (TPSA) is 18.8 Å². The van der Waals surface area contributed by atoms with Crippen LogP contribution in [0.1, 0.15) is 11.8 Å². The fourth-order valence-electron chi connectivity index (χ4n) is 1.76. The van der Waals surface area contributed by atoms with Crippen LogP contribution in [0, 0.1) is 5.92 Å². The molecule has 0 N–H and O–H groups in total. The molecule has 5 heteroatoms. The lowest BCUT2D eigenvalue weighted by Crippen LogP contribution is -2.35. The van der Waals surface area contributed by atoms with Crippen molar-refractivity contribution in [2.24, 2.45) is 10.9 Å². The average Bonchev–Trinajstić information content (AvgIpc) is 2.69. The highest BCUT2D eigenvalue weighted by molar-refractivity contribution is 14.0. The largest absolute Gasteiger partial charge is 0.349 e. The first-order valence-corrected chi connectivity index (χ1v) is 6.80. The van der Waals surface area contributed by atoms with E-state index in [0.717, 1.165) is 18.9 Å². The molecule has 1 aromatic rings. The predicted octanol–water partition coefficient (Wildman–Crippen LogP) is 3.02. The number of aliphatic imine (C=N–C) groups is 1. The van der Waals surface area contributed by atoms with Gasteiger partial charge in [0.05, 0.1) is 0 Å². The van der Waals surface area contributed by atoms with Gasteiger partial charge in [-0.25, -0.2) is 0 Å². The van der Waals surface area contributed by atoms with Gasteiger partial charge in [0.15, 0.2) is 5.96 Å². The number of thiophene rings is 1. The molecule has 0 aromatic carbocycles. The van der Waals surface area contributed by atoms with E-state index in [4.69, 9.17) is 0 Å². The number of rotatable bonds is 4. The van der Waals surface area contributed by atoms with E-state index in [1.54, 1.807) is 0 Å². The van der Waals surface area contributed by atoms with E-state index in [1.807, 2.05) is 39.5 Å². The van der Waals surface area contributed by atoms with Crippen LogP contribution in [0.4, 0.5) is 0 Å². The number of nitrogens with zero attached hydrogens (tertiary/aromatic N) is 3. The van der Waals surface area contributed by atoms with Crippen LogP contribution in [-0.2, 0) is 6.42 Å². The number of hydrogen-bond donors (Lipinski definition) is 0. The first kappa shape index (κ1) is 17.7. The van der Waals surface area contributed by atoms with Crippen LogP contribution >= 0.6 is 35.3 Å². The van der Waals surface area contributed by atoms with Crippen molar-refractivity contribution in [1.29, 1.82) is 0 Å². The molecule has 0 amide bonds. The van der Waals surface area contributed by atoms with Gasteiger partial charge in [0.2, 0.25) is 0 Å². The van der Waals surface area contributed by atoms with Gasteiger partial charge in [-0.1, -0.05) is 13.0 Å². The van der Waals surface area contributed by atoms with E-state index in [1.165, 1.54) is 4.88 Å². The first-order valence-electron chi connectivity index (χ1n) is 5.92. The number of guanidine groups is 1. The van der Waals surface area contributed by atoms with E-state index >= 15 is 0 Å². The van der Waals surface area contributed by atoms with Crippen LogP contribution in [0.3, 0.4) is 0 Å². The Morgan fingerprint density at radius 3 is 2.33 bits per heavy atom. The lowest BCUT2D eigenvalue weighted by atomic mass is 10.1. The monoisotopic (exact) mass is 381 g/mol. The third-order valence-corrected chi connectivity index (χ3v) is 3.37. The molecule has 0 saturated heterocycles. The average molecular weight is 381 g/mol. The maximum atomic E-state index is 4.68. The number of halogens is 1. The molecule has 0 saturated carbocycles. The SMILES string of the molecule is CC(CN=C(N(C)C)N(C)C)Cc1cccs1.I. The Kier molecular flexibility index (Phi) is 8.60. The van der Waals surface area contributed by atoms with Gasteiger partial charge in [-0.05, 0) is 23.8 Å². The van der Waals surface area contributed by atoms with E-state index in [2.05, 4.69) is 39.2 Å². The summed E-state index contributed by atoms with van der Waals surface area (Å²) in [6.07, 6.45) is 1.12. The summed E-state index contributed by atoms with van der Waals surface area (Å²) in [7, 11) is 8.12. The summed E-state index contributed by atoms with van der Waals surface area (Å²) in [5.41, 5.74) is 0. The molecule has 1 rings (SSSR count). The van der Waals surface area contributed by atoms with Gasteiger partial charge in [0.25, 0.3) is 0 Å². The summed E-state index contributed by atoms with van der Waals surface area (Å²) in [5.74, 6) is 1.62. The van der Waals surface area contributed by atoms with E-state index in [0.29, 0.717) is 5.92 Å². The zero-order valence-corrected chi connectivity index (χ0v) is 15.0. The minimum atomic E-state index is 0. The molecule has 1 unspecified atom stereocenters. The Morgan fingerprint density at radius 1 is 1.28 bits per heavy atom. The molecule has 1 atom stereocenters. The second-order valence-electron chi connectivity index (χ2n) is 4.82. The molecule has 0 aliphatic carbocycles. The van der Waals surface area contributed by atoms with Crippen molar-refractivity contribution in [3.8, 4) is 0 Å². The molecule has 0 fully saturated rings. The fraction of sp³-hybridized carbons (Fsp3) is 0.615. The molecule has 0 aliphatic heterocycles. The van der Waals surface area contributed by atoms with Gasteiger partial charge < -0.3 is 9.80 Å². The van der Waals surface area contributed by atoms with Crippen molar-refractivity contribution >= 4 is 41.3 Å². The van der Waals surface area contributed by atoms with Crippen molar-refractivity contribution in [2.45, 2.75) is 13.3 Å². The van der Waals surface area contributed by atoms with Gasteiger partial charge in [0, 0.05) is 39.6 Å². The second kappa shape index (κ2) is 8.74. The second-order valence-corrected chi connectivity index (χ2v) is 5.85. The van der Waals surface area contributed by atoms with Gasteiger partial charge in [-0.2, -0.15) is 0 Å². The molecule has 3 nitrogen and oxygen atoms in total. The van der Waals surface area contributed by atoms with Crippen LogP contribution in [-0.4, -0.2) is 50.5 Å². The lowest BCUT2D eigenvalue weighted by molar-refractivity contribution is 0.472. The Balaban J connectivity index is 0.00000289. The van der Waals surface area contributed by atoms with Crippen LogP contribution < -0.4 is 0 Å². The molecule has 0 radical (unpaired) electrons. The number of hydrogen-bond acceptors (Lipinski definition) is 2. The zero-order chi connectivity index (χ0) is 12.8. The third-order valence-electron chi connectivity index (χ3n) is 2.47.